The fourth-order valence-corrected chi connectivity index (χ4v) is 2.78. The molecule has 1 aliphatic carbocycles. The van der Waals surface area contributed by atoms with Crippen LogP contribution in [-0.2, 0) is 9.59 Å². The predicted molar refractivity (Wildman–Crippen MR) is 66.0 cm³/mol. The lowest BCUT2D eigenvalue weighted by atomic mass is 10.0. The van der Waals surface area contributed by atoms with Crippen LogP contribution in [0.3, 0.4) is 0 Å². The Labute approximate surface area is 101 Å². The van der Waals surface area contributed by atoms with E-state index in [9.17, 15) is 9.59 Å². The molecule has 1 fully saturated rings. The molecular weight excluding hydrogens is 224 g/mol. The molecule has 0 aromatic heterocycles. The Hall–Kier alpha value is -0.710. The van der Waals surface area contributed by atoms with Gasteiger partial charge in [-0.3, -0.25) is 9.59 Å². The van der Waals surface area contributed by atoms with E-state index in [1.807, 2.05) is 13.2 Å². The minimum absolute atomic E-state index is 0.0101. The number of nitrogens with one attached hydrogen (secondary N) is 1. The monoisotopic (exact) mass is 244 g/mol. The van der Waals surface area contributed by atoms with E-state index in [2.05, 4.69) is 5.32 Å². The second-order valence-electron chi connectivity index (χ2n) is 4.41. The summed E-state index contributed by atoms with van der Waals surface area (Å²) in [6.45, 7) is 1.90. The summed E-state index contributed by atoms with van der Waals surface area (Å²) in [6, 6.07) is -0.0469. The van der Waals surface area contributed by atoms with Gasteiger partial charge in [-0.25, -0.2) is 0 Å². The normalized spacial score (nSPS) is 26.4. The number of rotatable bonds is 5. The third-order valence-electron chi connectivity index (χ3n) is 3.07. The van der Waals surface area contributed by atoms with Crippen molar-refractivity contribution in [2.24, 2.45) is 17.6 Å². The van der Waals surface area contributed by atoms with Gasteiger partial charge in [-0.15, -0.1) is 0 Å². The molecule has 0 bridgehead atoms. The van der Waals surface area contributed by atoms with Gasteiger partial charge in [0.1, 0.15) is 0 Å². The summed E-state index contributed by atoms with van der Waals surface area (Å²) in [7, 11) is 0. The molecule has 1 saturated carbocycles. The Morgan fingerprint density at radius 2 is 2.19 bits per heavy atom. The second-order valence-corrected chi connectivity index (χ2v) is 5.32. The molecule has 0 saturated heterocycles. The number of thioether (sulfide) groups is 1. The van der Waals surface area contributed by atoms with Crippen molar-refractivity contribution in [3.05, 3.63) is 0 Å². The molecule has 0 unspecified atom stereocenters. The van der Waals surface area contributed by atoms with E-state index in [0.717, 1.165) is 25.0 Å². The Morgan fingerprint density at radius 3 is 2.75 bits per heavy atom. The molecule has 3 N–H and O–H groups in total. The topological polar surface area (TPSA) is 72.2 Å². The first-order valence-corrected chi connectivity index (χ1v) is 7.04. The summed E-state index contributed by atoms with van der Waals surface area (Å²) in [6.07, 6.45) is 4.61. The van der Waals surface area contributed by atoms with Crippen molar-refractivity contribution in [1.29, 1.82) is 0 Å². The lowest BCUT2D eigenvalue weighted by molar-refractivity contribution is -0.126. The van der Waals surface area contributed by atoms with Crippen LogP contribution in [0.2, 0.25) is 0 Å². The fraction of sp³-hybridized carbons (Fsp3) is 0.818. The highest BCUT2D eigenvalue weighted by molar-refractivity contribution is 7.98. The number of nitrogens with two attached hydrogens (primary N) is 1. The minimum Gasteiger partial charge on any atom is -0.369 e. The molecule has 1 aliphatic rings. The predicted octanol–water partition coefficient (Wildman–Crippen LogP) is 0.756. The first-order chi connectivity index (χ1) is 7.56. The number of carbonyl (C=O) groups excluding carboxylic acids is 2. The summed E-state index contributed by atoms with van der Waals surface area (Å²) < 4.78 is 0. The summed E-state index contributed by atoms with van der Waals surface area (Å²) in [4.78, 5) is 22.9. The number of primary amides is 1. The summed E-state index contributed by atoms with van der Waals surface area (Å²) in [5.74, 6) is 0.363. The van der Waals surface area contributed by atoms with Gasteiger partial charge >= 0.3 is 0 Å². The van der Waals surface area contributed by atoms with Crippen molar-refractivity contribution < 1.29 is 9.59 Å². The maximum absolute atomic E-state index is 11.8. The highest BCUT2D eigenvalue weighted by Gasteiger charge is 2.33. The Bertz CT molecular complexity index is 271. The molecule has 16 heavy (non-hydrogen) atoms. The van der Waals surface area contributed by atoms with Crippen LogP contribution < -0.4 is 11.1 Å². The number of hydrogen-bond acceptors (Lipinski definition) is 3. The van der Waals surface area contributed by atoms with Crippen LogP contribution >= 0.6 is 11.8 Å². The highest BCUT2D eigenvalue weighted by Crippen LogP contribution is 2.25. The van der Waals surface area contributed by atoms with E-state index < -0.39 is 0 Å². The van der Waals surface area contributed by atoms with Crippen molar-refractivity contribution in [2.45, 2.75) is 32.2 Å². The van der Waals surface area contributed by atoms with Crippen molar-refractivity contribution in [2.75, 3.05) is 12.0 Å². The molecule has 0 spiro atoms. The van der Waals surface area contributed by atoms with Gasteiger partial charge in [-0.1, -0.05) is 13.3 Å². The van der Waals surface area contributed by atoms with Crippen molar-refractivity contribution in [1.82, 2.24) is 5.32 Å². The van der Waals surface area contributed by atoms with E-state index in [-0.39, 0.29) is 29.7 Å². The largest absolute Gasteiger partial charge is 0.369 e. The Balaban J connectivity index is 2.47. The highest BCUT2D eigenvalue weighted by atomic mass is 32.2. The van der Waals surface area contributed by atoms with Crippen LogP contribution in [0, 0.1) is 11.8 Å². The van der Waals surface area contributed by atoms with Gasteiger partial charge in [0, 0.05) is 17.7 Å². The molecule has 0 aromatic rings. The average Bonchev–Trinajstić information content (AvgIpc) is 2.66. The van der Waals surface area contributed by atoms with Crippen molar-refractivity contribution in [3.63, 3.8) is 0 Å². The standard InChI is InChI=1S/C11H20N2O2S/c1-7(6-16-2)11(15)13-9-5-3-4-8(9)10(12)14/h7-9H,3-6H2,1-2H3,(H2,12,14)(H,13,15)/t7-,8+,9-/m0/s1. The van der Waals surface area contributed by atoms with Gasteiger partial charge in [0.25, 0.3) is 0 Å². The molecule has 92 valence electrons. The molecule has 3 atom stereocenters. The van der Waals surface area contributed by atoms with E-state index in [4.69, 9.17) is 5.73 Å². The fourth-order valence-electron chi connectivity index (χ4n) is 2.12. The van der Waals surface area contributed by atoms with Crippen LogP contribution in [-0.4, -0.2) is 29.9 Å². The van der Waals surface area contributed by atoms with Crippen LogP contribution in [0.25, 0.3) is 0 Å². The van der Waals surface area contributed by atoms with Crippen LogP contribution in [0.4, 0.5) is 0 Å². The molecule has 0 aromatic carbocycles. The third-order valence-corrected chi connectivity index (χ3v) is 3.91. The zero-order valence-electron chi connectivity index (χ0n) is 9.86. The molecule has 0 heterocycles. The molecule has 5 heteroatoms. The van der Waals surface area contributed by atoms with E-state index in [1.54, 1.807) is 11.8 Å². The lowest BCUT2D eigenvalue weighted by Crippen LogP contribution is -2.44. The van der Waals surface area contributed by atoms with Gasteiger partial charge in [-0.2, -0.15) is 11.8 Å². The molecule has 2 amide bonds. The number of carbonyl (C=O) groups is 2. The maximum atomic E-state index is 11.8. The SMILES string of the molecule is CSC[C@H](C)C(=O)N[C@H]1CCC[C@H]1C(N)=O. The molecule has 4 nitrogen and oxygen atoms in total. The average molecular weight is 244 g/mol. The minimum atomic E-state index is -0.291. The van der Waals surface area contributed by atoms with Crippen molar-refractivity contribution >= 4 is 23.6 Å². The third kappa shape index (κ3) is 3.40. The summed E-state index contributed by atoms with van der Waals surface area (Å²) in [5.41, 5.74) is 5.30. The molecular formula is C11H20N2O2S. The van der Waals surface area contributed by atoms with Gasteiger partial charge in [-0.05, 0) is 19.1 Å². The first-order valence-electron chi connectivity index (χ1n) is 5.65. The second kappa shape index (κ2) is 6.13. The zero-order chi connectivity index (χ0) is 12.1. The smallest absolute Gasteiger partial charge is 0.223 e. The Kier molecular flexibility index (Phi) is 5.12. The number of amides is 2. The van der Waals surface area contributed by atoms with E-state index in [0.29, 0.717) is 0 Å². The molecule has 0 radical (unpaired) electrons. The summed E-state index contributed by atoms with van der Waals surface area (Å²) >= 11 is 1.65. The maximum Gasteiger partial charge on any atom is 0.223 e. The van der Waals surface area contributed by atoms with E-state index >= 15 is 0 Å². The van der Waals surface area contributed by atoms with E-state index in [1.165, 1.54) is 0 Å². The number of hydrogen-bond donors (Lipinski definition) is 2. The zero-order valence-corrected chi connectivity index (χ0v) is 10.7. The summed E-state index contributed by atoms with van der Waals surface area (Å²) in [5, 5.41) is 2.94. The lowest BCUT2D eigenvalue weighted by Gasteiger charge is -2.20. The molecule has 0 aliphatic heterocycles. The van der Waals surface area contributed by atoms with Crippen LogP contribution in [0.5, 0.6) is 0 Å². The first kappa shape index (κ1) is 13.4. The van der Waals surface area contributed by atoms with Crippen LogP contribution in [0.1, 0.15) is 26.2 Å². The Morgan fingerprint density at radius 1 is 1.50 bits per heavy atom. The molecule has 1 rings (SSSR count). The van der Waals surface area contributed by atoms with Crippen molar-refractivity contribution in [3.8, 4) is 0 Å². The quantitative estimate of drug-likeness (QED) is 0.750. The van der Waals surface area contributed by atoms with Gasteiger partial charge in [0.2, 0.25) is 11.8 Å². The van der Waals surface area contributed by atoms with Gasteiger partial charge in [0.05, 0.1) is 5.92 Å². The van der Waals surface area contributed by atoms with Gasteiger partial charge in [0.15, 0.2) is 0 Å². The van der Waals surface area contributed by atoms with Crippen LogP contribution in [0.15, 0.2) is 0 Å². The van der Waals surface area contributed by atoms with Gasteiger partial charge < -0.3 is 11.1 Å².